The van der Waals surface area contributed by atoms with Crippen LogP contribution in [0.3, 0.4) is 0 Å². The number of aliphatic carboxylic acids is 1. The third-order valence-electron chi connectivity index (χ3n) is 2.51. The molecule has 1 N–H and O–H groups in total. The molecular formula is C11H15NO4S. The third-order valence-corrected chi connectivity index (χ3v) is 4.74. The zero-order chi connectivity index (χ0) is 13.1. The molecule has 0 bridgehead atoms. The van der Waals surface area contributed by atoms with Crippen LogP contribution in [0.5, 0.6) is 0 Å². The van der Waals surface area contributed by atoms with Gasteiger partial charge in [0.25, 0.3) is 0 Å². The van der Waals surface area contributed by atoms with Gasteiger partial charge in [0.2, 0.25) is 10.0 Å². The Hall–Kier alpha value is -1.56. The van der Waals surface area contributed by atoms with E-state index in [-0.39, 0.29) is 6.42 Å². The topological polar surface area (TPSA) is 74.7 Å². The van der Waals surface area contributed by atoms with Gasteiger partial charge in [-0.3, -0.25) is 9.10 Å². The number of hydrogen-bond acceptors (Lipinski definition) is 3. The minimum Gasteiger partial charge on any atom is -0.480 e. The summed E-state index contributed by atoms with van der Waals surface area (Å²) in [5.74, 6) is -1.32. The van der Waals surface area contributed by atoms with E-state index < -0.39 is 21.2 Å². The Kier molecular flexibility index (Phi) is 4.11. The fourth-order valence-corrected chi connectivity index (χ4v) is 2.96. The number of anilines is 1. The molecule has 0 fully saturated rings. The summed E-state index contributed by atoms with van der Waals surface area (Å²) in [6.45, 7) is 1.54. The fourth-order valence-electron chi connectivity index (χ4n) is 1.49. The lowest BCUT2D eigenvalue weighted by Gasteiger charge is -2.22. The first-order valence-electron chi connectivity index (χ1n) is 5.16. The van der Waals surface area contributed by atoms with Gasteiger partial charge in [0, 0.05) is 7.05 Å². The van der Waals surface area contributed by atoms with Crippen LogP contribution in [0.2, 0.25) is 0 Å². The summed E-state index contributed by atoms with van der Waals surface area (Å²) < 4.78 is 25.1. The van der Waals surface area contributed by atoms with Crippen molar-refractivity contribution in [2.24, 2.45) is 0 Å². The molecule has 1 aromatic carbocycles. The molecular weight excluding hydrogens is 242 g/mol. The van der Waals surface area contributed by atoms with Crippen molar-refractivity contribution in [3.8, 4) is 0 Å². The monoisotopic (exact) mass is 257 g/mol. The number of hydrogen-bond donors (Lipinski definition) is 1. The van der Waals surface area contributed by atoms with E-state index in [1.807, 2.05) is 0 Å². The first kappa shape index (κ1) is 13.5. The maximum absolute atomic E-state index is 12.0. The Morgan fingerprint density at radius 3 is 2.29 bits per heavy atom. The number of rotatable bonds is 5. The Morgan fingerprint density at radius 1 is 1.35 bits per heavy atom. The van der Waals surface area contributed by atoms with Crippen molar-refractivity contribution < 1.29 is 18.3 Å². The summed E-state index contributed by atoms with van der Waals surface area (Å²) in [6, 6.07) is 8.39. The number of carbonyl (C=O) groups is 1. The molecule has 0 aliphatic heterocycles. The molecule has 0 amide bonds. The molecule has 94 valence electrons. The quantitative estimate of drug-likeness (QED) is 0.863. The lowest BCUT2D eigenvalue weighted by atomic mass is 10.3. The number of benzene rings is 1. The van der Waals surface area contributed by atoms with E-state index in [2.05, 4.69) is 0 Å². The number of carboxylic acid groups (broad SMARTS) is 1. The molecule has 0 aliphatic carbocycles. The SMILES string of the molecule is CCC(C(=O)O)S(=O)(=O)N(C)c1ccccc1. The molecule has 1 atom stereocenters. The Labute approximate surface area is 101 Å². The van der Waals surface area contributed by atoms with Gasteiger partial charge in [0.1, 0.15) is 0 Å². The zero-order valence-electron chi connectivity index (χ0n) is 9.70. The molecule has 1 aromatic rings. The molecule has 0 saturated heterocycles. The summed E-state index contributed by atoms with van der Waals surface area (Å²) >= 11 is 0. The smallest absolute Gasteiger partial charge is 0.323 e. The van der Waals surface area contributed by atoms with Gasteiger partial charge < -0.3 is 5.11 Å². The number of carboxylic acids is 1. The first-order chi connectivity index (χ1) is 7.91. The van der Waals surface area contributed by atoms with Gasteiger partial charge in [-0.15, -0.1) is 0 Å². The van der Waals surface area contributed by atoms with E-state index in [1.54, 1.807) is 30.3 Å². The van der Waals surface area contributed by atoms with E-state index >= 15 is 0 Å². The predicted molar refractivity (Wildman–Crippen MR) is 65.5 cm³/mol. The van der Waals surface area contributed by atoms with Crippen LogP contribution in [0, 0.1) is 0 Å². The highest BCUT2D eigenvalue weighted by Crippen LogP contribution is 2.19. The number of para-hydroxylation sites is 1. The first-order valence-corrected chi connectivity index (χ1v) is 6.67. The van der Waals surface area contributed by atoms with Crippen LogP contribution in [0.15, 0.2) is 30.3 Å². The molecule has 0 heterocycles. The van der Waals surface area contributed by atoms with Crippen LogP contribution in [0.4, 0.5) is 5.69 Å². The Morgan fingerprint density at radius 2 is 1.88 bits per heavy atom. The van der Waals surface area contributed by atoms with Crippen LogP contribution >= 0.6 is 0 Å². The van der Waals surface area contributed by atoms with E-state index in [9.17, 15) is 13.2 Å². The average molecular weight is 257 g/mol. The van der Waals surface area contributed by atoms with Crippen LogP contribution < -0.4 is 4.31 Å². The zero-order valence-corrected chi connectivity index (χ0v) is 10.5. The lowest BCUT2D eigenvalue weighted by molar-refractivity contribution is -0.136. The van der Waals surface area contributed by atoms with E-state index in [1.165, 1.54) is 14.0 Å². The molecule has 0 spiro atoms. The summed E-state index contributed by atoms with van der Waals surface area (Å²) in [5, 5.41) is 7.49. The number of sulfonamides is 1. The molecule has 0 aromatic heterocycles. The van der Waals surface area contributed by atoms with Gasteiger partial charge >= 0.3 is 5.97 Å². The summed E-state index contributed by atoms with van der Waals surface area (Å²) in [5.41, 5.74) is 0.451. The van der Waals surface area contributed by atoms with Gasteiger partial charge in [0.15, 0.2) is 5.25 Å². The normalized spacial score (nSPS) is 13.1. The highest BCUT2D eigenvalue weighted by atomic mass is 32.2. The van der Waals surface area contributed by atoms with Gasteiger partial charge in [0.05, 0.1) is 5.69 Å². The van der Waals surface area contributed by atoms with Gasteiger partial charge in [-0.1, -0.05) is 25.1 Å². The van der Waals surface area contributed by atoms with Crippen molar-refractivity contribution in [2.45, 2.75) is 18.6 Å². The van der Waals surface area contributed by atoms with Crippen LogP contribution in [-0.2, 0) is 14.8 Å². The van der Waals surface area contributed by atoms with Crippen LogP contribution in [0.1, 0.15) is 13.3 Å². The highest BCUT2D eigenvalue weighted by Gasteiger charge is 2.34. The van der Waals surface area contributed by atoms with Crippen molar-refractivity contribution in [3.63, 3.8) is 0 Å². The lowest BCUT2D eigenvalue weighted by Crippen LogP contribution is -2.40. The predicted octanol–water partition coefficient (Wildman–Crippen LogP) is 1.32. The molecule has 1 unspecified atom stereocenters. The Bertz CT molecular complexity index is 483. The van der Waals surface area contributed by atoms with Gasteiger partial charge in [-0.25, -0.2) is 8.42 Å². The second-order valence-corrected chi connectivity index (χ2v) is 5.73. The highest BCUT2D eigenvalue weighted by molar-refractivity contribution is 7.94. The summed E-state index contributed by atoms with van der Waals surface area (Å²) in [6.07, 6.45) is 0.0365. The third kappa shape index (κ3) is 2.76. The molecule has 0 aliphatic rings. The van der Waals surface area contributed by atoms with E-state index in [4.69, 9.17) is 5.11 Å². The van der Waals surface area contributed by atoms with Crippen molar-refractivity contribution >= 4 is 21.7 Å². The molecule has 0 saturated carbocycles. The molecule has 17 heavy (non-hydrogen) atoms. The molecule has 1 rings (SSSR count). The van der Waals surface area contributed by atoms with Crippen molar-refractivity contribution in [2.75, 3.05) is 11.4 Å². The van der Waals surface area contributed by atoms with E-state index in [0.717, 1.165) is 4.31 Å². The standard InChI is InChI=1S/C11H15NO4S/c1-3-10(11(13)14)17(15,16)12(2)9-7-5-4-6-8-9/h4-8,10H,3H2,1-2H3,(H,13,14). The molecule has 0 radical (unpaired) electrons. The summed E-state index contributed by atoms with van der Waals surface area (Å²) in [7, 11) is -2.51. The maximum atomic E-state index is 12.0. The molecule has 6 heteroatoms. The van der Waals surface area contributed by atoms with Crippen LogP contribution in [-0.4, -0.2) is 31.8 Å². The maximum Gasteiger partial charge on any atom is 0.323 e. The fraction of sp³-hybridized carbons (Fsp3) is 0.364. The van der Waals surface area contributed by atoms with Gasteiger partial charge in [-0.2, -0.15) is 0 Å². The van der Waals surface area contributed by atoms with Crippen LogP contribution in [0.25, 0.3) is 0 Å². The van der Waals surface area contributed by atoms with Crippen molar-refractivity contribution in [1.82, 2.24) is 0 Å². The van der Waals surface area contributed by atoms with Gasteiger partial charge in [-0.05, 0) is 18.6 Å². The van der Waals surface area contributed by atoms with Crippen molar-refractivity contribution in [3.05, 3.63) is 30.3 Å². The minimum atomic E-state index is -3.87. The second kappa shape index (κ2) is 5.18. The minimum absolute atomic E-state index is 0.0365. The van der Waals surface area contributed by atoms with Crippen molar-refractivity contribution in [1.29, 1.82) is 0 Å². The number of nitrogens with zero attached hydrogens (tertiary/aromatic N) is 1. The van der Waals surface area contributed by atoms with E-state index in [0.29, 0.717) is 5.69 Å². The summed E-state index contributed by atoms with van der Waals surface area (Å²) in [4.78, 5) is 10.9. The largest absolute Gasteiger partial charge is 0.480 e. The average Bonchev–Trinajstić information content (AvgIpc) is 2.29. The molecule has 5 nitrogen and oxygen atoms in total. The second-order valence-electron chi connectivity index (χ2n) is 3.58. The Balaban J connectivity index is 3.11.